The molecule has 7 heteroatoms. The minimum absolute atomic E-state index is 0.234. The monoisotopic (exact) mass is 426 g/mol. The molecule has 0 aliphatic carbocycles. The van der Waals surface area contributed by atoms with Crippen molar-refractivity contribution in [2.24, 2.45) is 0 Å². The van der Waals surface area contributed by atoms with E-state index < -0.39 is 0 Å². The van der Waals surface area contributed by atoms with E-state index >= 15 is 0 Å². The number of para-hydroxylation sites is 1. The molecule has 2 aromatic carbocycles. The molecule has 0 radical (unpaired) electrons. The van der Waals surface area contributed by atoms with Crippen LogP contribution in [0.3, 0.4) is 0 Å². The third kappa shape index (κ3) is 4.34. The molecule has 152 valence electrons. The van der Waals surface area contributed by atoms with E-state index in [1.165, 1.54) is 16.7 Å². The molecular weight excluding hydrogens is 408 g/mol. The van der Waals surface area contributed by atoms with Gasteiger partial charge >= 0.3 is 0 Å². The summed E-state index contributed by atoms with van der Waals surface area (Å²) in [5.41, 5.74) is 2.65. The first-order valence-corrected chi connectivity index (χ1v) is 10.6. The molecule has 1 N–H and O–H groups in total. The number of carbonyl (C=O) groups is 2. The van der Waals surface area contributed by atoms with Gasteiger partial charge < -0.3 is 5.32 Å². The quantitative estimate of drug-likeness (QED) is 0.445. The van der Waals surface area contributed by atoms with Crippen LogP contribution in [0, 0.1) is 11.3 Å². The van der Waals surface area contributed by atoms with Gasteiger partial charge in [-0.2, -0.15) is 5.26 Å². The number of nitrogens with zero attached hydrogens (tertiary/aromatic N) is 3. The van der Waals surface area contributed by atoms with Crippen LogP contribution in [0.25, 0.3) is 5.57 Å². The highest BCUT2D eigenvalue weighted by Crippen LogP contribution is 2.29. The van der Waals surface area contributed by atoms with Crippen molar-refractivity contribution in [1.82, 2.24) is 9.88 Å². The van der Waals surface area contributed by atoms with Crippen LogP contribution < -0.4 is 5.32 Å². The summed E-state index contributed by atoms with van der Waals surface area (Å²) in [5, 5.41) is 13.7. The SMILES string of the molecule is N#C/C(=C(/Nc1ccccc1)SCCN1C(=O)c2ccccc2C1=O)c1ccccn1. The van der Waals surface area contributed by atoms with E-state index in [9.17, 15) is 14.9 Å². The van der Waals surface area contributed by atoms with Gasteiger partial charge in [-0.05, 0) is 36.4 Å². The number of nitriles is 1. The molecule has 0 saturated heterocycles. The summed E-state index contributed by atoms with van der Waals surface area (Å²) >= 11 is 1.37. The Morgan fingerprint density at radius 1 is 0.935 bits per heavy atom. The first kappa shape index (κ1) is 20.4. The standard InChI is InChI=1S/C24H18N4O2S/c25-16-20(21-12-6-7-13-26-21)22(27-17-8-2-1-3-9-17)31-15-14-28-23(29)18-10-4-5-11-19(18)24(28)30/h1-13,27H,14-15H2/b22-20+. The van der Waals surface area contributed by atoms with Gasteiger partial charge in [0.2, 0.25) is 0 Å². The van der Waals surface area contributed by atoms with Crippen LogP contribution in [0.15, 0.2) is 84.0 Å². The van der Waals surface area contributed by atoms with Gasteiger partial charge in [-0.1, -0.05) is 36.4 Å². The number of aromatic nitrogens is 1. The van der Waals surface area contributed by atoms with Crippen molar-refractivity contribution in [2.75, 3.05) is 17.6 Å². The number of hydrogen-bond acceptors (Lipinski definition) is 6. The van der Waals surface area contributed by atoms with E-state index in [4.69, 9.17) is 0 Å². The van der Waals surface area contributed by atoms with Crippen molar-refractivity contribution in [1.29, 1.82) is 5.26 Å². The fourth-order valence-electron chi connectivity index (χ4n) is 3.24. The summed E-state index contributed by atoms with van der Waals surface area (Å²) in [7, 11) is 0. The highest BCUT2D eigenvalue weighted by Gasteiger charge is 2.34. The van der Waals surface area contributed by atoms with Gasteiger partial charge in [0.25, 0.3) is 11.8 Å². The fraction of sp³-hybridized carbons (Fsp3) is 0.0833. The van der Waals surface area contributed by atoms with Crippen molar-refractivity contribution in [2.45, 2.75) is 0 Å². The number of carbonyl (C=O) groups excluding carboxylic acids is 2. The van der Waals surface area contributed by atoms with Gasteiger partial charge in [0.1, 0.15) is 11.6 Å². The largest absolute Gasteiger partial charge is 0.349 e. The van der Waals surface area contributed by atoms with E-state index in [2.05, 4.69) is 16.4 Å². The zero-order chi connectivity index (χ0) is 21.6. The van der Waals surface area contributed by atoms with Crippen LogP contribution in [-0.2, 0) is 0 Å². The Morgan fingerprint density at radius 3 is 2.19 bits per heavy atom. The maximum atomic E-state index is 12.6. The zero-order valence-electron chi connectivity index (χ0n) is 16.5. The molecule has 6 nitrogen and oxygen atoms in total. The number of benzene rings is 2. The van der Waals surface area contributed by atoms with Crippen molar-refractivity contribution in [3.63, 3.8) is 0 Å². The average Bonchev–Trinajstić information content (AvgIpc) is 3.06. The van der Waals surface area contributed by atoms with Gasteiger partial charge in [-0.15, -0.1) is 11.8 Å². The lowest BCUT2D eigenvalue weighted by Crippen LogP contribution is -2.32. The Kier molecular flexibility index (Phi) is 6.11. The zero-order valence-corrected chi connectivity index (χ0v) is 17.3. The van der Waals surface area contributed by atoms with Crippen LogP contribution in [0.1, 0.15) is 26.4 Å². The number of fused-ring (bicyclic) bond motifs is 1. The summed E-state index contributed by atoms with van der Waals surface area (Å²) in [4.78, 5) is 30.7. The molecule has 1 aliphatic rings. The molecule has 0 fully saturated rings. The van der Waals surface area contributed by atoms with E-state index in [-0.39, 0.29) is 18.4 Å². The van der Waals surface area contributed by atoms with E-state index in [0.717, 1.165) is 5.69 Å². The van der Waals surface area contributed by atoms with E-state index in [0.29, 0.717) is 33.2 Å². The molecule has 0 unspecified atom stereocenters. The Labute approximate surface area is 184 Å². The molecule has 1 aromatic heterocycles. The Bertz CT molecular complexity index is 1150. The second-order valence-electron chi connectivity index (χ2n) is 6.68. The van der Waals surface area contributed by atoms with Gasteiger partial charge in [-0.25, -0.2) is 0 Å². The van der Waals surface area contributed by atoms with Crippen molar-refractivity contribution in [3.05, 3.63) is 101 Å². The number of pyridine rings is 1. The third-order valence-corrected chi connectivity index (χ3v) is 5.71. The number of hydrogen-bond donors (Lipinski definition) is 1. The second kappa shape index (κ2) is 9.28. The number of nitrogens with one attached hydrogen (secondary N) is 1. The lowest BCUT2D eigenvalue weighted by molar-refractivity contribution is 0.0664. The Balaban J connectivity index is 1.55. The summed E-state index contributed by atoms with van der Waals surface area (Å²) < 4.78 is 0. The number of allylic oxidation sites excluding steroid dienone is 1. The molecule has 0 spiro atoms. The second-order valence-corrected chi connectivity index (χ2v) is 7.78. The van der Waals surface area contributed by atoms with E-state index in [1.807, 2.05) is 36.4 Å². The molecule has 2 heterocycles. The number of anilines is 1. The molecule has 1 aliphatic heterocycles. The number of imide groups is 1. The van der Waals surface area contributed by atoms with Crippen LogP contribution in [0.2, 0.25) is 0 Å². The summed E-state index contributed by atoms with van der Waals surface area (Å²) in [6.45, 7) is 0.234. The maximum Gasteiger partial charge on any atom is 0.261 e. The Hall–Kier alpha value is -3.89. The third-order valence-electron chi connectivity index (χ3n) is 4.73. The normalized spacial score (nSPS) is 13.5. The first-order valence-electron chi connectivity index (χ1n) is 9.65. The van der Waals surface area contributed by atoms with Crippen molar-refractivity contribution >= 4 is 34.8 Å². The minimum Gasteiger partial charge on any atom is -0.349 e. The molecule has 31 heavy (non-hydrogen) atoms. The average molecular weight is 427 g/mol. The summed E-state index contributed by atoms with van der Waals surface area (Å²) in [6.07, 6.45) is 1.64. The first-order chi connectivity index (χ1) is 15.2. The fourth-order valence-corrected chi connectivity index (χ4v) is 4.20. The van der Waals surface area contributed by atoms with Crippen LogP contribution in [0.5, 0.6) is 0 Å². The van der Waals surface area contributed by atoms with Crippen LogP contribution in [-0.4, -0.2) is 34.0 Å². The molecule has 0 saturated carbocycles. The molecule has 3 aromatic rings. The van der Waals surface area contributed by atoms with Crippen LogP contribution >= 0.6 is 11.8 Å². The number of amides is 2. The smallest absolute Gasteiger partial charge is 0.261 e. The topological polar surface area (TPSA) is 86.1 Å². The predicted octanol–water partition coefficient (Wildman–Crippen LogP) is 4.42. The van der Waals surface area contributed by atoms with E-state index in [1.54, 1.807) is 42.6 Å². The van der Waals surface area contributed by atoms with Crippen molar-refractivity contribution < 1.29 is 9.59 Å². The predicted molar refractivity (Wildman–Crippen MR) is 121 cm³/mol. The van der Waals surface area contributed by atoms with Gasteiger partial charge in [-0.3, -0.25) is 19.5 Å². The molecule has 4 rings (SSSR count). The molecular formula is C24H18N4O2S. The van der Waals surface area contributed by atoms with Gasteiger partial charge in [0.15, 0.2) is 0 Å². The lowest BCUT2D eigenvalue weighted by atomic mass is 10.1. The van der Waals surface area contributed by atoms with Crippen molar-refractivity contribution in [3.8, 4) is 6.07 Å². The summed E-state index contributed by atoms with van der Waals surface area (Å²) in [5.74, 6) is -0.139. The number of rotatable bonds is 7. The highest BCUT2D eigenvalue weighted by atomic mass is 32.2. The number of thioether (sulfide) groups is 1. The lowest BCUT2D eigenvalue weighted by Gasteiger charge is -2.16. The highest BCUT2D eigenvalue weighted by molar-refractivity contribution is 8.03. The minimum atomic E-state index is -0.284. The molecule has 2 amide bonds. The maximum absolute atomic E-state index is 12.6. The van der Waals surface area contributed by atoms with Gasteiger partial charge in [0.05, 0.1) is 21.8 Å². The molecule has 0 bridgehead atoms. The Morgan fingerprint density at radius 2 is 1.58 bits per heavy atom. The van der Waals surface area contributed by atoms with Gasteiger partial charge in [0, 0.05) is 24.2 Å². The summed E-state index contributed by atoms with van der Waals surface area (Å²) in [6, 6.07) is 24.0. The van der Waals surface area contributed by atoms with Crippen LogP contribution in [0.4, 0.5) is 5.69 Å². The molecule has 0 atom stereocenters.